The Morgan fingerprint density at radius 2 is 2.22 bits per heavy atom. The summed E-state index contributed by atoms with van der Waals surface area (Å²) in [4.78, 5) is 0. The van der Waals surface area contributed by atoms with E-state index in [4.69, 9.17) is 5.84 Å². The second-order valence-corrected chi connectivity index (χ2v) is 6.00. The van der Waals surface area contributed by atoms with Gasteiger partial charge in [0.25, 0.3) is 0 Å². The first-order valence-corrected chi connectivity index (χ1v) is 7.65. The van der Waals surface area contributed by atoms with E-state index < -0.39 is 0 Å². The topological polar surface area (TPSA) is 38.0 Å². The number of hydrogen-bond acceptors (Lipinski definition) is 3. The first-order valence-electron chi connectivity index (χ1n) is 5.63. The van der Waals surface area contributed by atoms with Crippen molar-refractivity contribution in [3.63, 3.8) is 0 Å². The summed E-state index contributed by atoms with van der Waals surface area (Å²) in [5, 5.41) is 4.21. The molecule has 1 atom stereocenters. The highest BCUT2D eigenvalue weighted by atomic mass is 127. The van der Waals surface area contributed by atoms with Gasteiger partial charge in [-0.15, -0.1) is 0 Å². The molecule has 0 saturated carbocycles. The highest BCUT2D eigenvalue weighted by molar-refractivity contribution is 14.1. The molecule has 1 aromatic heterocycles. The Morgan fingerprint density at radius 3 is 2.83 bits per heavy atom. The van der Waals surface area contributed by atoms with Crippen LogP contribution in [0.5, 0.6) is 0 Å². The van der Waals surface area contributed by atoms with Crippen LogP contribution in [-0.4, -0.2) is 0 Å². The molecule has 0 aliphatic carbocycles. The van der Waals surface area contributed by atoms with E-state index in [2.05, 4.69) is 44.8 Å². The van der Waals surface area contributed by atoms with E-state index in [1.807, 2.05) is 0 Å². The molecule has 0 fully saturated rings. The molecular formula is C13H14FIN2S. The number of hydrazine groups is 1. The zero-order chi connectivity index (χ0) is 13.0. The van der Waals surface area contributed by atoms with E-state index in [1.54, 1.807) is 17.4 Å². The highest BCUT2D eigenvalue weighted by Gasteiger charge is 2.13. The summed E-state index contributed by atoms with van der Waals surface area (Å²) in [6.07, 6.45) is 1.86. The maximum Gasteiger partial charge on any atom is 0.124 e. The van der Waals surface area contributed by atoms with Crippen LogP contribution >= 0.6 is 33.9 Å². The van der Waals surface area contributed by atoms with Crippen molar-refractivity contribution in [1.29, 1.82) is 0 Å². The molecule has 0 saturated heterocycles. The molecular weight excluding hydrogens is 362 g/mol. The van der Waals surface area contributed by atoms with Gasteiger partial charge in [-0.2, -0.15) is 11.3 Å². The number of benzene rings is 1. The van der Waals surface area contributed by atoms with Crippen LogP contribution in [0, 0.1) is 9.39 Å². The predicted octanol–water partition coefficient (Wildman–Crippen LogP) is 3.63. The molecule has 18 heavy (non-hydrogen) atoms. The predicted molar refractivity (Wildman–Crippen MR) is 81.8 cm³/mol. The van der Waals surface area contributed by atoms with Crippen molar-refractivity contribution >= 4 is 33.9 Å². The summed E-state index contributed by atoms with van der Waals surface area (Å²) in [5.41, 5.74) is 5.18. The van der Waals surface area contributed by atoms with E-state index in [9.17, 15) is 4.39 Å². The number of rotatable bonds is 5. The standard InChI is InChI=1S/C13H14FIN2S/c14-10-2-3-11(12(15)7-10)13(17-16)4-1-9-5-6-18-8-9/h2-3,5-8,13,17H,1,4,16H2. The molecule has 2 nitrogen and oxygen atoms in total. The number of aryl methyl sites for hydroxylation is 1. The Hall–Kier alpha value is -0.500. The second-order valence-electron chi connectivity index (χ2n) is 4.06. The summed E-state index contributed by atoms with van der Waals surface area (Å²) in [6, 6.07) is 6.98. The van der Waals surface area contributed by atoms with Gasteiger partial charge < -0.3 is 0 Å². The molecule has 0 bridgehead atoms. The SMILES string of the molecule is NNC(CCc1ccsc1)c1ccc(F)cc1I. The lowest BCUT2D eigenvalue weighted by Gasteiger charge is -2.17. The van der Waals surface area contributed by atoms with Crippen molar-refractivity contribution < 1.29 is 4.39 Å². The van der Waals surface area contributed by atoms with Gasteiger partial charge in [0.05, 0.1) is 0 Å². The molecule has 1 unspecified atom stereocenters. The van der Waals surface area contributed by atoms with Gasteiger partial charge >= 0.3 is 0 Å². The number of nitrogens with two attached hydrogens (primary N) is 1. The van der Waals surface area contributed by atoms with Crippen LogP contribution in [0.2, 0.25) is 0 Å². The molecule has 0 aliphatic rings. The monoisotopic (exact) mass is 376 g/mol. The summed E-state index contributed by atoms with van der Waals surface area (Å²) in [7, 11) is 0. The molecule has 0 radical (unpaired) electrons. The van der Waals surface area contributed by atoms with Crippen molar-refractivity contribution in [2.24, 2.45) is 5.84 Å². The molecule has 0 aliphatic heterocycles. The molecule has 2 aromatic rings. The number of hydrogen-bond donors (Lipinski definition) is 2. The Morgan fingerprint density at radius 1 is 1.39 bits per heavy atom. The van der Waals surface area contributed by atoms with Gasteiger partial charge in [0.2, 0.25) is 0 Å². The maximum atomic E-state index is 13.1. The smallest absolute Gasteiger partial charge is 0.124 e. The van der Waals surface area contributed by atoms with Crippen molar-refractivity contribution in [3.05, 3.63) is 55.5 Å². The van der Waals surface area contributed by atoms with Crippen LogP contribution in [0.25, 0.3) is 0 Å². The maximum absolute atomic E-state index is 13.1. The van der Waals surface area contributed by atoms with Crippen LogP contribution < -0.4 is 11.3 Å². The molecule has 0 amide bonds. The average Bonchev–Trinajstić information content (AvgIpc) is 2.85. The second kappa shape index (κ2) is 6.60. The summed E-state index contributed by atoms with van der Waals surface area (Å²) < 4.78 is 14.0. The van der Waals surface area contributed by atoms with Crippen molar-refractivity contribution in [2.45, 2.75) is 18.9 Å². The Bertz CT molecular complexity index is 502. The van der Waals surface area contributed by atoms with Crippen LogP contribution in [0.1, 0.15) is 23.6 Å². The zero-order valence-electron chi connectivity index (χ0n) is 9.70. The first-order chi connectivity index (χ1) is 8.70. The third kappa shape index (κ3) is 3.50. The molecule has 3 N–H and O–H groups in total. The van der Waals surface area contributed by atoms with E-state index in [-0.39, 0.29) is 11.9 Å². The summed E-state index contributed by atoms with van der Waals surface area (Å²) in [5.74, 6) is 5.40. The zero-order valence-corrected chi connectivity index (χ0v) is 12.7. The quantitative estimate of drug-likeness (QED) is 0.475. The van der Waals surface area contributed by atoms with E-state index in [0.717, 1.165) is 22.0 Å². The van der Waals surface area contributed by atoms with Gasteiger partial charge in [0, 0.05) is 9.61 Å². The fourth-order valence-corrected chi connectivity index (χ4v) is 3.41. The minimum atomic E-state index is -0.211. The lowest BCUT2D eigenvalue weighted by atomic mass is 10.0. The number of thiophene rings is 1. The minimum Gasteiger partial charge on any atom is -0.271 e. The minimum absolute atomic E-state index is 0.0531. The lowest BCUT2D eigenvalue weighted by molar-refractivity contribution is 0.513. The molecule has 0 spiro atoms. The largest absolute Gasteiger partial charge is 0.271 e. The number of halogens is 2. The van der Waals surface area contributed by atoms with E-state index in [0.29, 0.717) is 0 Å². The Kier molecular flexibility index (Phi) is 5.11. The van der Waals surface area contributed by atoms with Crippen LogP contribution in [0.15, 0.2) is 35.0 Å². The van der Waals surface area contributed by atoms with Crippen LogP contribution in [0.4, 0.5) is 4.39 Å². The Labute approximate surface area is 124 Å². The van der Waals surface area contributed by atoms with Crippen molar-refractivity contribution in [1.82, 2.24) is 5.43 Å². The van der Waals surface area contributed by atoms with Gasteiger partial charge in [-0.25, -0.2) is 4.39 Å². The van der Waals surface area contributed by atoms with Crippen LogP contribution in [-0.2, 0) is 6.42 Å². The van der Waals surface area contributed by atoms with Gasteiger partial charge in [-0.3, -0.25) is 11.3 Å². The van der Waals surface area contributed by atoms with Gasteiger partial charge in [0.15, 0.2) is 0 Å². The van der Waals surface area contributed by atoms with E-state index >= 15 is 0 Å². The molecule has 1 aromatic carbocycles. The van der Waals surface area contributed by atoms with Crippen molar-refractivity contribution in [2.75, 3.05) is 0 Å². The van der Waals surface area contributed by atoms with Crippen LogP contribution in [0.3, 0.4) is 0 Å². The third-order valence-electron chi connectivity index (χ3n) is 2.84. The first kappa shape index (κ1) is 13.9. The molecule has 5 heteroatoms. The number of nitrogens with one attached hydrogen (secondary N) is 1. The van der Waals surface area contributed by atoms with Gasteiger partial charge in [0.1, 0.15) is 5.82 Å². The van der Waals surface area contributed by atoms with Gasteiger partial charge in [-0.1, -0.05) is 6.07 Å². The van der Waals surface area contributed by atoms with Crippen molar-refractivity contribution in [3.8, 4) is 0 Å². The fourth-order valence-electron chi connectivity index (χ4n) is 1.86. The molecule has 96 valence electrons. The molecule has 1 heterocycles. The normalized spacial score (nSPS) is 12.6. The highest BCUT2D eigenvalue weighted by Crippen LogP contribution is 2.24. The average molecular weight is 376 g/mol. The molecule has 2 rings (SSSR count). The summed E-state index contributed by atoms with van der Waals surface area (Å²) >= 11 is 3.84. The third-order valence-corrected chi connectivity index (χ3v) is 4.51. The fraction of sp³-hybridized carbons (Fsp3) is 0.231. The van der Waals surface area contributed by atoms with E-state index in [1.165, 1.54) is 17.7 Å². The summed E-state index contributed by atoms with van der Waals surface area (Å²) in [6.45, 7) is 0. The lowest BCUT2D eigenvalue weighted by Crippen LogP contribution is -2.29. The Balaban J connectivity index is 2.08. The van der Waals surface area contributed by atoms with Gasteiger partial charge in [-0.05, 0) is 75.5 Å².